The first kappa shape index (κ1) is 7.81. The van der Waals surface area contributed by atoms with Crippen molar-refractivity contribution < 1.29 is 15.0 Å². The molecule has 0 saturated heterocycles. The highest BCUT2D eigenvalue weighted by atomic mass is 28.1. The van der Waals surface area contributed by atoms with E-state index in [2.05, 4.69) is 0 Å². The molecular weight excluding hydrogens is 160 g/mol. The molecule has 11 heavy (non-hydrogen) atoms. The summed E-state index contributed by atoms with van der Waals surface area (Å²) >= 11 is 0. The van der Waals surface area contributed by atoms with Gasteiger partial charge in [-0.1, -0.05) is 12.1 Å². The lowest BCUT2D eigenvalue weighted by Crippen LogP contribution is -2.07. The highest BCUT2D eigenvalue weighted by Gasteiger charge is 2.09. The quantitative estimate of drug-likeness (QED) is 0.533. The predicted molar refractivity (Wildman–Crippen MR) is 44.6 cm³/mol. The fraction of sp³-hybridized carbons (Fsp3) is 0. The summed E-state index contributed by atoms with van der Waals surface area (Å²) in [5.74, 6) is -1.17. The van der Waals surface area contributed by atoms with E-state index in [1.54, 1.807) is 12.1 Å². The number of hydrogen-bond donors (Lipinski definition) is 2. The van der Waals surface area contributed by atoms with Crippen LogP contribution < -0.4 is 5.19 Å². The van der Waals surface area contributed by atoms with Gasteiger partial charge >= 0.3 is 5.97 Å². The van der Waals surface area contributed by atoms with Crippen molar-refractivity contribution in [3.05, 3.63) is 23.8 Å². The number of rotatable bonds is 1. The molecule has 0 bridgehead atoms. The van der Waals surface area contributed by atoms with Gasteiger partial charge in [-0.3, -0.25) is 0 Å². The van der Waals surface area contributed by atoms with Gasteiger partial charge in [-0.05, 0) is 11.3 Å². The summed E-state index contributed by atoms with van der Waals surface area (Å²) in [7, 11) is 0.657. The summed E-state index contributed by atoms with van der Waals surface area (Å²) in [6.45, 7) is 0. The van der Waals surface area contributed by atoms with Gasteiger partial charge in [0.15, 0.2) is 0 Å². The molecule has 0 atom stereocenters. The first-order valence-electron chi connectivity index (χ1n) is 3.15. The largest absolute Gasteiger partial charge is 0.507 e. The molecule has 1 aromatic rings. The highest BCUT2D eigenvalue weighted by molar-refractivity contribution is 6.34. The number of carboxylic acids is 1. The Hall–Kier alpha value is -1.29. The van der Waals surface area contributed by atoms with Crippen LogP contribution in [-0.2, 0) is 0 Å². The van der Waals surface area contributed by atoms with E-state index in [-0.39, 0.29) is 11.3 Å². The molecule has 0 aliphatic carbocycles. The maximum atomic E-state index is 10.4. The van der Waals surface area contributed by atoms with Crippen molar-refractivity contribution in [1.29, 1.82) is 0 Å². The molecule has 0 aliphatic rings. The third-order valence-electron chi connectivity index (χ3n) is 1.47. The smallest absolute Gasteiger partial charge is 0.339 e. The molecule has 0 fully saturated rings. The predicted octanol–water partition coefficient (Wildman–Crippen LogP) is -0.919. The van der Waals surface area contributed by atoms with E-state index >= 15 is 0 Å². The molecule has 58 valence electrons. The summed E-state index contributed by atoms with van der Waals surface area (Å²) in [5.41, 5.74) is -0.0162. The average Bonchev–Trinajstić information content (AvgIpc) is 1.94. The zero-order valence-corrected chi connectivity index (χ0v) is 8.03. The topological polar surface area (TPSA) is 57.5 Å². The Labute approximate surface area is 66.7 Å². The third kappa shape index (κ3) is 1.40. The van der Waals surface area contributed by atoms with E-state index in [9.17, 15) is 9.90 Å². The van der Waals surface area contributed by atoms with Crippen molar-refractivity contribution in [1.82, 2.24) is 0 Å². The van der Waals surface area contributed by atoms with Gasteiger partial charge in [-0.2, -0.15) is 0 Å². The molecule has 0 spiro atoms. The second-order valence-electron chi connectivity index (χ2n) is 2.28. The molecule has 1 rings (SSSR count). The van der Waals surface area contributed by atoms with E-state index < -0.39 is 5.97 Å². The standard InChI is InChI=1S/C7H8O3Si/c8-6-4(7(9)10)2-1-3-5(6)11/h1-3,8H,11H3,(H,9,10). The number of carbonyl (C=O) groups is 1. The molecule has 0 saturated carbocycles. The molecule has 0 unspecified atom stereocenters. The fourth-order valence-corrected chi connectivity index (χ4v) is 1.29. The first-order chi connectivity index (χ1) is 5.13. The second kappa shape index (κ2) is 2.75. The van der Waals surface area contributed by atoms with Crippen LogP contribution in [0.2, 0.25) is 0 Å². The number of para-hydroxylation sites is 1. The normalized spacial score (nSPS) is 9.82. The first-order valence-corrected chi connectivity index (χ1v) is 4.15. The Morgan fingerprint density at radius 1 is 1.45 bits per heavy atom. The minimum absolute atomic E-state index is 0.0162. The van der Waals surface area contributed by atoms with Crippen LogP contribution in [0.5, 0.6) is 5.75 Å². The highest BCUT2D eigenvalue weighted by Crippen LogP contribution is 2.11. The summed E-state index contributed by atoms with van der Waals surface area (Å²) in [6.07, 6.45) is 0. The zero-order valence-electron chi connectivity index (χ0n) is 6.03. The Balaban J connectivity index is 3.27. The van der Waals surface area contributed by atoms with E-state index in [0.717, 1.165) is 0 Å². The van der Waals surface area contributed by atoms with E-state index in [0.29, 0.717) is 15.4 Å². The summed E-state index contributed by atoms with van der Waals surface area (Å²) in [4.78, 5) is 10.4. The fourth-order valence-electron chi connectivity index (χ4n) is 0.832. The third-order valence-corrected chi connectivity index (χ3v) is 2.28. The van der Waals surface area contributed by atoms with Crippen LogP contribution in [0.15, 0.2) is 18.2 Å². The van der Waals surface area contributed by atoms with Crippen molar-refractivity contribution in [2.45, 2.75) is 0 Å². The molecular formula is C7H8O3Si. The summed E-state index contributed by atoms with van der Waals surface area (Å²) in [6, 6.07) is 4.73. The van der Waals surface area contributed by atoms with Crippen LogP contribution in [0, 0.1) is 0 Å². The van der Waals surface area contributed by atoms with E-state index in [1.807, 2.05) is 0 Å². The Morgan fingerprint density at radius 2 is 2.09 bits per heavy atom. The second-order valence-corrected chi connectivity index (χ2v) is 3.35. The lowest BCUT2D eigenvalue weighted by atomic mass is 10.2. The number of phenols is 1. The van der Waals surface area contributed by atoms with Crippen LogP contribution in [0.1, 0.15) is 10.4 Å². The minimum atomic E-state index is -1.08. The maximum absolute atomic E-state index is 10.4. The molecule has 0 aliphatic heterocycles. The molecule has 4 heteroatoms. The molecule has 3 nitrogen and oxygen atoms in total. The van der Waals surface area contributed by atoms with Gasteiger partial charge in [0.1, 0.15) is 11.3 Å². The van der Waals surface area contributed by atoms with Crippen LogP contribution >= 0.6 is 0 Å². The summed E-state index contributed by atoms with van der Waals surface area (Å²) in [5, 5.41) is 18.5. The van der Waals surface area contributed by atoms with Crippen molar-refractivity contribution in [3.8, 4) is 5.75 Å². The lowest BCUT2D eigenvalue weighted by Gasteiger charge is -2.00. The Bertz CT molecular complexity index is 296. The van der Waals surface area contributed by atoms with E-state index in [4.69, 9.17) is 5.11 Å². The van der Waals surface area contributed by atoms with Crippen molar-refractivity contribution in [2.24, 2.45) is 0 Å². The van der Waals surface area contributed by atoms with Crippen molar-refractivity contribution in [2.75, 3.05) is 0 Å². The van der Waals surface area contributed by atoms with Crippen molar-refractivity contribution in [3.63, 3.8) is 0 Å². The molecule has 2 N–H and O–H groups in total. The van der Waals surface area contributed by atoms with Gasteiger partial charge in [-0.15, -0.1) is 0 Å². The number of hydrogen-bond acceptors (Lipinski definition) is 2. The number of aromatic hydroxyl groups is 1. The van der Waals surface area contributed by atoms with Crippen LogP contribution in [-0.4, -0.2) is 26.4 Å². The van der Waals surface area contributed by atoms with Crippen molar-refractivity contribution >= 4 is 21.4 Å². The van der Waals surface area contributed by atoms with Gasteiger partial charge in [0, 0.05) is 10.2 Å². The van der Waals surface area contributed by atoms with Gasteiger partial charge in [0.05, 0.1) is 0 Å². The summed E-state index contributed by atoms with van der Waals surface area (Å²) < 4.78 is 0. The number of aromatic carboxylic acids is 1. The minimum Gasteiger partial charge on any atom is -0.507 e. The molecule has 1 aromatic carbocycles. The van der Waals surface area contributed by atoms with Crippen LogP contribution in [0.4, 0.5) is 0 Å². The lowest BCUT2D eigenvalue weighted by molar-refractivity contribution is 0.0694. The zero-order chi connectivity index (χ0) is 8.43. The van der Waals surface area contributed by atoms with Gasteiger partial charge in [-0.25, -0.2) is 4.79 Å². The van der Waals surface area contributed by atoms with Gasteiger partial charge < -0.3 is 10.2 Å². The number of carboxylic acid groups (broad SMARTS) is 1. The molecule has 0 amide bonds. The Kier molecular flexibility index (Phi) is 1.95. The maximum Gasteiger partial charge on any atom is 0.339 e. The number of benzene rings is 1. The average molecular weight is 168 g/mol. The SMILES string of the molecule is O=C(O)c1cccc([SiH3])c1O. The van der Waals surface area contributed by atoms with Crippen LogP contribution in [0.3, 0.4) is 0 Å². The van der Waals surface area contributed by atoms with Crippen LogP contribution in [0.25, 0.3) is 0 Å². The molecule has 0 radical (unpaired) electrons. The molecule has 0 aromatic heterocycles. The van der Waals surface area contributed by atoms with E-state index in [1.165, 1.54) is 6.07 Å². The Morgan fingerprint density at radius 3 is 2.55 bits per heavy atom. The van der Waals surface area contributed by atoms with Gasteiger partial charge in [0.2, 0.25) is 0 Å². The van der Waals surface area contributed by atoms with Gasteiger partial charge in [0.25, 0.3) is 0 Å². The monoisotopic (exact) mass is 168 g/mol. The molecule has 0 heterocycles.